The van der Waals surface area contributed by atoms with Gasteiger partial charge in [0.2, 0.25) is 5.91 Å². The van der Waals surface area contributed by atoms with Crippen LogP contribution in [-0.4, -0.2) is 12.5 Å². The average molecular weight is 275 g/mol. The van der Waals surface area contributed by atoms with E-state index in [0.29, 0.717) is 28.7 Å². The maximum absolute atomic E-state index is 12.0. The van der Waals surface area contributed by atoms with Gasteiger partial charge in [0.25, 0.3) is 0 Å². The van der Waals surface area contributed by atoms with Gasteiger partial charge in [-0.2, -0.15) is 0 Å². The van der Waals surface area contributed by atoms with Gasteiger partial charge in [-0.05, 0) is 25.1 Å². The van der Waals surface area contributed by atoms with Crippen LogP contribution in [0.1, 0.15) is 20.3 Å². The number of anilines is 1. The molecule has 0 fully saturated rings. The van der Waals surface area contributed by atoms with Crippen LogP contribution in [0.15, 0.2) is 18.2 Å². The lowest BCUT2D eigenvalue weighted by Crippen LogP contribution is -2.32. The number of hydrogen-bond donors (Lipinski definition) is 2. The molecule has 1 amide bonds. The summed E-state index contributed by atoms with van der Waals surface area (Å²) in [7, 11) is 0. The van der Waals surface area contributed by atoms with Gasteiger partial charge in [-0.25, -0.2) is 0 Å². The molecule has 0 radical (unpaired) electrons. The summed E-state index contributed by atoms with van der Waals surface area (Å²) in [6.45, 7) is 4.12. The van der Waals surface area contributed by atoms with Crippen LogP contribution in [0.2, 0.25) is 10.0 Å². The van der Waals surface area contributed by atoms with Gasteiger partial charge in [-0.3, -0.25) is 4.79 Å². The molecule has 0 aliphatic carbocycles. The monoisotopic (exact) mass is 274 g/mol. The van der Waals surface area contributed by atoms with Crippen molar-refractivity contribution in [1.29, 1.82) is 0 Å². The zero-order valence-electron chi connectivity index (χ0n) is 9.89. The minimum atomic E-state index is -0.544. The highest BCUT2D eigenvalue weighted by Gasteiger charge is 2.27. The highest BCUT2D eigenvalue weighted by Crippen LogP contribution is 2.32. The Morgan fingerprint density at radius 3 is 2.35 bits per heavy atom. The number of rotatable bonds is 4. The lowest BCUT2D eigenvalue weighted by Gasteiger charge is -2.23. The van der Waals surface area contributed by atoms with Gasteiger partial charge < -0.3 is 11.1 Å². The topological polar surface area (TPSA) is 55.1 Å². The quantitative estimate of drug-likeness (QED) is 0.885. The molecule has 0 saturated carbocycles. The Balaban J connectivity index is 2.88. The van der Waals surface area contributed by atoms with Crippen LogP contribution in [0.25, 0.3) is 0 Å². The molecule has 0 aliphatic heterocycles. The third kappa shape index (κ3) is 3.60. The van der Waals surface area contributed by atoms with Crippen molar-refractivity contribution in [1.82, 2.24) is 0 Å². The van der Waals surface area contributed by atoms with E-state index in [2.05, 4.69) is 5.32 Å². The van der Waals surface area contributed by atoms with Gasteiger partial charge >= 0.3 is 0 Å². The molecule has 0 atom stereocenters. The summed E-state index contributed by atoms with van der Waals surface area (Å²) in [5, 5.41) is 3.60. The number of halogens is 2. The molecule has 0 unspecified atom stereocenters. The van der Waals surface area contributed by atoms with E-state index < -0.39 is 5.41 Å². The van der Waals surface area contributed by atoms with Crippen LogP contribution < -0.4 is 11.1 Å². The predicted molar refractivity (Wildman–Crippen MR) is 72.5 cm³/mol. The maximum Gasteiger partial charge on any atom is 0.230 e. The number of carbonyl (C=O) groups is 1. The number of benzene rings is 1. The van der Waals surface area contributed by atoms with E-state index in [4.69, 9.17) is 28.9 Å². The van der Waals surface area contributed by atoms with Gasteiger partial charge in [0.1, 0.15) is 0 Å². The molecule has 3 nitrogen and oxygen atoms in total. The molecule has 0 spiro atoms. The lowest BCUT2D eigenvalue weighted by molar-refractivity contribution is -0.124. The van der Waals surface area contributed by atoms with Gasteiger partial charge in [0, 0.05) is 5.41 Å². The number of nitrogens with one attached hydrogen (secondary N) is 1. The number of carbonyl (C=O) groups excluding carboxylic acids is 1. The smallest absolute Gasteiger partial charge is 0.230 e. The minimum Gasteiger partial charge on any atom is -0.330 e. The van der Waals surface area contributed by atoms with E-state index in [0.717, 1.165) is 0 Å². The Morgan fingerprint density at radius 2 is 1.88 bits per heavy atom. The zero-order valence-corrected chi connectivity index (χ0v) is 11.4. The van der Waals surface area contributed by atoms with Gasteiger partial charge in [-0.15, -0.1) is 0 Å². The fourth-order valence-electron chi connectivity index (χ4n) is 1.37. The SMILES string of the molecule is CC(C)(CCN)C(=O)Nc1c(Cl)cccc1Cl. The molecule has 0 saturated heterocycles. The van der Waals surface area contributed by atoms with E-state index >= 15 is 0 Å². The van der Waals surface area contributed by atoms with Crippen LogP contribution in [0.5, 0.6) is 0 Å². The Labute approximate surface area is 111 Å². The standard InChI is InChI=1S/C12H16Cl2N2O/c1-12(2,6-7-15)11(17)16-10-8(13)4-3-5-9(10)14/h3-5H,6-7,15H2,1-2H3,(H,16,17). The van der Waals surface area contributed by atoms with E-state index in [-0.39, 0.29) is 5.91 Å². The molecular weight excluding hydrogens is 259 g/mol. The Bertz CT molecular complexity index is 399. The summed E-state index contributed by atoms with van der Waals surface area (Å²) >= 11 is 12.0. The number of para-hydroxylation sites is 1. The first-order chi connectivity index (χ1) is 7.88. The number of hydrogen-bond acceptors (Lipinski definition) is 2. The van der Waals surface area contributed by atoms with Crippen LogP contribution >= 0.6 is 23.2 Å². The second-order valence-electron chi connectivity index (χ2n) is 4.47. The van der Waals surface area contributed by atoms with Crippen molar-refractivity contribution < 1.29 is 4.79 Å². The third-order valence-corrected chi connectivity index (χ3v) is 3.22. The maximum atomic E-state index is 12.0. The molecule has 1 rings (SSSR count). The normalized spacial score (nSPS) is 11.4. The molecule has 1 aromatic carbocycles. The summed E-state index contributed by atoms with van der Waals surface area (Å²) in [4.78, 5) is 12.0. The summed E-state index contributed by atoms with van der Waals surface area (Å²) in [5.41, 5.74) is 5.38. The van der Waals surface area contributed by atoms with Crippen molar-refractivity contribution in [3.63, 3.8) is 0 Å². The largest absolute Gasteiger partial charge is 0.330 e. The van der Waals surface area contributed by atoms with E-state index in [1.807, 2.05) is 13.8 Å². The van der Waals surface area contributed by atoms with Crippen LogP contribution in [0.4, 0.5) is 5.69 Å². The molecule has 0 aromatic heterocycles. The van der Waals surface area contributed by atoms with Crippen molar-refractivity contribution in [2.24, 2.45) is 11.1 Å². The molecule has 3 N–H and O–H groups in total. The highest BCUT2D eigenvalue weighted by atomic mass is 35.5. The molecule has 1 aromatic rings. The Morgan fingerprint density at radius 1 is 1.35 bits per heavy atom. The van der Waals surface area contributed by atoms with Crippen molar-refractivity contribution in [3.05, 3.63) is 28.2 Å². The van der Waals surface area contributed by atoms with Crippen molar-refractivity contribution in [2.75, 3.05) is 11.9 Å². The first kappa shape index (κ1) is 14.3. The van der Waals surface area contributed by atoms with Crippen LogP contribution in [0.3, 0.4) is 0 Å². The molecule has 94 valence electrons. The zero-order chi connectivity index (χ0) is 13.1. The van der Waals surface area contributed by atoms with E-state index in [1.165, 1.54) is 0 Å². The first-order valence-corrected chi connectivity index (χ1v) is 6.09. The van der Waals surface area contributed by atoms with Crippen molar-refractivity contribution in [2.45, 2.75) is 20.3 Å². The predicted octanol–water partition coefficient (Wildman–Crippen LogP) is 3.31. The second kappa shape index (κ2) is 5.71. The van der Waals surface area contributed by atoms with Gasteiger partial charge in [0.05, 0.1) is 15.7 Å². The summed E-state index contributed by atoms with van der Waals surface area (Å²) in [5.74, 6) is -0.141. The average Bonchev–Trinajstić information content (AvgIpc) is 2.23. The Hall–Kier alpha value is -0.770. The van der Waals surface area contributed by atoms with Gasteiger partial charge in [-0.1, -0.05) is 43.1 Å². The van der Waals surface area contributed by atoms with E-state index in [1.54, 1.807) is 18.2 Å². The highest BCUT2D eigenvalue weighted by molar-refractivity contribution is 6.39. The molecule has 17 heavy (non-hydrogen) atoms. The third-order valence-electron chi connectivity index (χ3n) is 2.59. The molecular formula is C12H16Cl2N2O. The number of nitrogens with two attached hydrogens (primary N) is 1. The molecule has 5 heteroatoms. The van der Waals surface area contributed by atoms with E-state index in [9.17, 15) is 4.79 Å². The summed E-state index contributed by atoms with van der Waals surface area (Å²) in [6.07, 6.45) is 0.598. The molecule has 0 bridgehead atoms. The fraction of sp³-hybridized carbons (Fsp3) is 0.417. The molecule has 0 aliphatic rings. The van der Waals surface area contributed by atoms with Crippen molar-refractivity contribution >= 4 is 34.8 Å². The lowest BCUT2D eigenvalue weighted by atomic mass is 9.88. The minimum absolute atomic E-state index is 0.141. The first-order valence-electron chi connectivity index (χ1n) is 5.34. The van der Waals surface area contributed by atoms with Gasteiger partial charge in [0.15, 0.2) is 0 Å². The summed E-state index contributed by atoms with van der Waals surface area (Å²) in [6, 6.07) is 5.09. The fourth-order valence-corrected chi connectivity index (χ4v) is 1.87. The van der Waals surface area contributed by atoms with Crippen LogP contribution in [-0.2, 0) is 4.79 Å². The van der Waals surface area contributed by atoms with Crippen molar-refractivity contribution in [3.8, 4) is 0 Å². The number of amides is 1. The second-order valence-corrected chi connectivity index (χ2v) is 5.29. The Kier molecular flexibility index (Phi) is 4.80. The summed E-state index contributed by atoms with van der Waals surface area (Å²) < 4.78 is 0. The van der Waals surface area contributed by atoms with Crippen LogP contribution in [0, 0.1) is 5.41 Å². The molecule has 0 heterocycles.